The van der Waals surface area contributed by atoms with E-state index in [9.17, 15) is 9.90 Å². The molecule has 1 unspecified atom stereocenters. The van der Waals surface area contributed by atoms with Crippen molar-refractivity contribution < 1.29 is 19.1 Å². The van der Waals surface area contributed by atoms with Gasteiger partial charge in [0.25, 0.3) is 0 Å². The molecule has 0 saturated heterocycles. The summed E-state index contributed by atoms with van der Waals surface area (Å²) in [5.74, 6) is 0.150. The summed E-state index contributed by atoms with van der Waals surface area (Å²) < 4.78 is 11.0. The van der Waals surface area contributed by atoms with Gasteiger partial charge in [-0.05, 0) is 50.7 Å². The van der Waals surface area contributed by atoms with Crippen molar-refractivity contribution in [2.75, 3.05) is 6.61 Å². The highest BCUT2D eigenvalue weighted by molar-refractivity contribution is 6.71. The van der Waals surface area contributed by atoms with Gasteiger partial charge >= 0.3 is 5.97 Å². The minimum atomic E-state index is -1.72. The maximum Gasteiger partial charge on any atom is 0.342 e. The van der Waals surface area contributed by atoms with Crippen LogP contribution in [-0.2, 0) is 15.1 Å². The molecule has 0 radical (unpaired) electrons. The fourth-order valence-electron chi connectivity index (χ4n) is 2.21. The summed E-state index contributed by atoms with van der Waals surface area (Å²) in [6.45, 7) is 9.98. The van der Waals surface area contributed by atoms with Crippen molar-refractivity contribution in [1.29, 1.82) is 0 Å². The lowest BCUT2D eigenvalue weighted by atomic mass is 9.96. The molecule has 0 aliphatic carbocycles. The first-order chi connectivity index (χ1) is 10.2. The number of benzene rings is 1. The van der Waals surface area contributed by atoms with Gasteiger partial charge < -0.3 is 14.3 Å². The van der Waals surface area contributed by atoms with E-state index in [1.807, 2.05) is 12.1 Å². The van der Waals surface area contributed by atoms with Crippen LogP contribution >= 0.6 is 0 Å². The number of unbranched alkanes of at least 4 members (excludes halogenated alkanes) is 1. The molecular weight excluding hydrogens is 296 g/mol. The van der Waals surface area contributed by atoms with Gasteiger partial charge in [-0.2, -0.15) is 0 Å². The van der Waals surface area contributed by atoms with Crippen LogP contribution < -0.4 is 4.43 Å². The molecule has 1 atom stereocenters. The van der Waals surface area contributed by atoms with Crippen molar-refractivity contribution in [1.82, 2.24) is 0 Å². The fourth-order valence-corrected chi connectivity index (χ4v) is 4.29. The molecule has 0 fully saturated rings. The zero-order chi connectivity index (χ0) is 16.8. The van der Waals surface area contributed by atoms with Crippen LogP contribution in [0.25, 0.3) is 0 Å². The molecule has 0 bridgehead atoms. The first-order valence-corrected chi connectivity index (χ1v) is 11.0. The smallest absolute Gasteiger partial charge is 0.342 e. The SMILES string of the molecule is CCCC[Si](C)(C)Oc1ccc(C(C)(O)C(=O)OCC)cc1. The molecule has 1 aromatic rings. The van der Waals surface area contributed by atoms with Crippen molar-refractivity contribution in [3.05, 3.63) is 29.8 Å². The number of carbonyl (C=O) groups is 1. The van der Waals surface area contributed by atoms with Crippen LogP contribution in [0.2, 0.25) is 19.1 Å². The van der Waals surface area contributed by atoms with Gasteiger partial charge in [-0.15, -0.1) is 0 Å². The van der Waals surface area contributed by atoms with Crippen molar-refractivity contribution in [2.24, 2.45) is 0 Å². The van der Waals surface area contributed by atoms with Crippen molar-refractivity contribution in [3.63, 3.8) is 0 Å². The highest BCUT2D eigenvalue weighted by Crippen LogP contribution is 2.26. The van der Waals surface area contributed by atoms with Crippen LogP contribution in [0.3, 0.4) is 0 Å². The highest BCUT2D eigenvalue weighted by Gasteiger charge is 2.34. The van der Waals surface area contributed by atoms with E-state index >= 15 is 0 Å². The van der Waals surface area contributed by atoms with Gasteiger partial charge in [0.05, 0.1) is 6.61 Å². The third-order valence-electron chi connectivity index (χ3n) is 3.62. The first-order valence-electron chi connectivity index (χ1n) is 7.92. The minimum absolute atomic E-state index is 0.243. The zero-order valence-corrected chi connectivity index (χ0v) is 15.3. The van der Waals surface area contributed by atoms with E-state index in [-0.39, 0.29) is 6.61 Å². The molecule has 0 aliphatic heterocycles. The van der Waals surface area contributed by atoms with Gasteiger partial charge in [0, 0.05) is 0 Å². The largest absolute Gasteiger partial charge is 0.544 e. The maximum atomic E-state index is 11.8. The van der Waals surface area contributed by atoms with Crippen molar-refractivity contribution in [3.8, 4) is 5.75 Å². The van der Waals surface area contributed by atoms with E-state index in [1.165, 1.54) is 19.8 Å². The monoisotopic (exact) mass is 324 g/mol. The number of esters is 1. The predicted molar refractivity (Wildman–Crippen MR) is 90.5 cm³/mol. The van der Waals surface area contributed by atoms with Crippen molar-refractivity contribution in [2.45, 2.75) is 58.4 Å². The third-order valence-corrected chi connectivity index (χ3v) is 5.96. The van der Waals surface area contributed by atoms with E-state index in [4.69, 9.17) is 9.16 Å². The second kappa shape index (κ2) is 7.79. The van der Waals surface area contributed by atoms with Gasteiger partial charge in [0.2, 0.25) is 8.32 Å². The molecule has 4 nitrogen and oxygen atoms in total. The third kappa shape index (κ3) is 5.14. The predicted octanol–water partition coefficient (Wildman–Crippen LogP) is 3.84. The van der Waals surface area contributed by atoms with Gasteiger partial charge in [0.15, 0.2) is 5.60 Å². The Balaban J connectivity index is 2.80. The summed E-state index contributed by atoms with van der Waals surface area (Å²) in [6.07, 6.45) is 2.34. The molecule has 0 saturated carbocycles. The summed E-state index contributed by atoms with van der Waals surface area (Å²) in [6, 6.07) is 8.17. The van der Waals surface area contributed by atoms with E-state index in [0.29, 0.717) is 5.56 Å². The molecule has 0 spiro atoms. The summed E-state index contributed by atoms with van der Waals surface area (Å²) in [5, 5.41) is 10.3. The van der Waals surface area contributed by atoms with E-state index in [1.54, 1.807) is 19.1 Å². The first kappa shape index (κ1) is 18.7. The number of carbonyl (C=O) groups excluding carboxylic acids is 1. The number of rotatable bonds is 8. The van der Waals surface area contributed by atoms with Gasteiger partial charge in [-0.25, -0.2) is 4.79 Å². The Bertz CT molecular complexity index is 480. The summed E-state index contributed by atoms with van der Waals surface area (Å²) >= 11 is 0. The maximum absolute atomic E-state index is 11.8. The molecule has 1 N–H and O–H groups in total. The van der Waals surface area contributed by atoms with Crippen LogP contribution in [0, 0.1) is 0 Å². The molecule has 1 aromatic carbocycles. The molecule has 0 aromatic heterocycles. The normalized spacial score (nSPS) is 14.3. The second-order valence-corrected chi connectivity index (χ2v) is 10.5. The highest BCUT2D eigenvalue weighted by atomic mass is 28.4. The Morgan fingerprint density at radius 3 is 2.32 bits per heavy atom. The van der Waals surface area contributed by atoms with E-state index in [0.717, 1.165) is 11.8 Å². The average molecular weight is 324 g/mol. The minimum Gasteiger partial charge on any atom is -0.544 e. The zero-order valence-electron chi connectivity index (χ0n) is 14.3. The fraction of sp³-hybridized carbons (Fsp3) is 0.588. The average Bonchev–Trinajstić information content (AvgIpc) is 2.45. The topological polar surface area (TPSA) is 55.8 Å². The van der Waals surface area contributed by atoms with Crippen LogP contribution in [0.1, 0.15) is 39.2 Å². The number of hydrogen-bond acceptors (Lipinski definition) is 4. The summed E-state index contributed by atoms with van der Waals surface area (Å²) in [4.78, 5) is 11.8. The molecule has 0 aliphatic rings. The Hall–Kier alpha value is -1.33. The Morgan fingerprint density at radius 1 is 1.23 bits per heavy atom. The molecule has 22 heavy (non-hydrogen) atoms. The molecule has 5 heteroatoms. The summed E-state index contributed by atoms with van der Waals surface area (Å²) in [7, 11) is -1.72. The van der Waals surface area contributed by atoms with Crippen LogP contribution in [0.4, 0.5) is 0 Å². The lowest BCUT2D eigenvalue weighted by molar-refractivity contribution is -0.164. The van der Waals surface area contributed by atoms with E-state index < -0.39 is 19.9 Å². The standard InChI is InChI=1S/C17H28O4Si/c1-6-8-13-22(4,5)21-15-11-9-14(10-12-15)17(3,19)16(18)20-7-2/h9-12,19H,6-8,13H2,1-5H3. The second-order valence-electron chi connectivity index (χ2n) is 6.28. The Labute approximate surface area is 134 Å². The molecule has 1 rings (SSSR count). The van der Waals surface area contributed by atoms with Crippen LogP contribution in [0.5, 0.6) is 5.75 Å². The van der Waals surface area contributed by atoms with Gasteiger partial charge in [0.1, 0.15) is 5.75 Å². The van der Waals surface area contributed by atoms with Gasteiger partial charge in [-0.3, -0.25) is 0 Å². The van der Waals surface area contributed by atoms with E-state index in [2.05, 4.69) is 20.0 Å². The summed E-state index contributed by atoms with van der Waals surface area (Å²) in [5.41, 5.74) is -1.13. The molecular formula is C17H28O4Si. The molecule has 124 valence electrons. The number of aliphatic hydroxyl groups is 1. The Morgan fingerprint density at radius 2 is 1.82 bits per heavy atom. The lowest BCUT2D eigenvalue weighted by Crippen LogP contribution is -2.35. The van der Waals surface area contributed by atoms with Crippen LogP contribution in [0.15, 0.2) is 24.3 Å². The lowest BCUT2D eigenvalue weighted by Gasteiger charge is -2.25. The van der Waals surface area contributed by atoms with Crippen molar-refractivity contribution >= 4 is 14.3 Å². The molecule has 0 heterocycles. The van der Waals surface area contributed by atoms with Crippen LogP contribution in [-0.4, -0.2) is 26.0 Å². The van der Waals surface area contributed by atoms with Gasteiger partial charge in [-0.1, -0.05) is 31.9 Å². The number of hydrogen-bond donors (Lipinski definition) is 1. The Kier molecular flexibility index (Phi) is 6.62. The number of ether oxygens (including phenoxy) is 1. The molecule has 0 amide bonds. The quantitative estimate of drug-likeness (QED) is 0.583.